The van der Waals surface area contributed by atoms with E-state index < -0.39 is 11.8 Å². The van der Waals surface area contributed by atoms with E-state index >= 15 is 0 Å². The number of fused-ring (bicyclic) bond motifs is 1. The molecule has 2 saturated carbocycles. The van der Waals surface area contributed by atoms with Gasteiger partial charge in [0, 0.05) is 16.6 Å². The highest BCUT2D eigenvalue weighted by molar-refractivity contribution is 9.09. The van der Waals surface area contributed by atoms with Gasteiger partial charge < -0.3 is 15.4 Å². The van der Waals surface area contributed by atoms with Crippen molar-refractivity contribution >= 4 is 56.7 Å². The van der Waals surface area contributed by atoms with Crippen LogP contribution in [0.4, 0.5) is 11.4 Å². The number of amides is 2. The van der Waals surface area contributed by atoms with Gasteiger partial charge in [0.05, 0.1) is 27.9 Å². The van der Waals surface area contributed by atoms with Crippen molar-refractivity contribution in [2.75, 3.05) is 10.6 Å². The monoisotopic (exact) mass is 502 g/mol. The molecule has 6 atom stereocenters. The Labute approximate surface area is 192 Å². The molecule has 2 aromatic carbocycles. The number of alkyl halides is 1. The summed E-state index contributed by atoms with van der Waals surface area (Å²) < 4.78 is 5.49. The molecule has 0 spiro atoms. The molecule has 1 heterocycles. The van der Waals surface area contributed by atoms with Gasteiger partial charge in [0.15, 0.2) is 0 Å². The number of nitrogens with one attached hydrogen (secondary N) is 2. The minimum atomic E-state index is -0.466. The lowest BCUT2D eigenvalue weighted by Gasteiger charge is -2.27. The first kappa shape index (κ1) is 20.5. The molecular weight excluding hydrogens is 484 g/mol. The van der Waals surface area contributed by atoms with Crippen molar-refractivity contribution < 1.29 is 19.1 Å². The van der Waals surface area contributed by atoms with Crippen molar-refractivity contribution in [3.05, 3.63) is 58.6 Å². The predicted molar refractivity (Wildman–Crippen MR) is 120 cm³/mol. The second-order valence-electron chi connectivity index (χ2n) is 8.36. The number of anilines is 2. The number of esters is 1. The minimum Gasteiger partial charge on any atom is -0.461 e. The number of hydrogen-bond acceptors (Lipinski definition) is 4. The summed E-state index contributed by atoms with van der Waals surface area (Å²) in [6, 6.07) is 12.1. The van der Waals surface area contributed by atoms with Crippen LogP contribution in [0.5, 0.6) is 0 Å². The van der Waals surface area contributed by atoms with Crippen LogP contribution >= 0.6 is 27.5 Å². The van der Waals surface area contributed by atoms with Crippen molar-refractivity contribution in [1.29, 1.82) is 0 Å². The van der Waals surface area contributed by atoms with Gasteiger partial charge in [-0.15, -0.1) is 0 Å². The van der Waals surface area contributed by atoms with Gasteiger partial charge in [-0.25, -0.2) is 0 Å². The Morgan fingerprint density at radius 2 is 1.81 bits per heavy atom. The fourth-order valence-electron chi connectivity index (χ4n) is 5.27. The van der Waals surface area contributed by atoms with Crippen molar-refractivity contribution in [2.45, 2.75) is 24.3 Å². The molecule has 2 bridgehead atoms. The van der Waals surface area contributed by atoms with Crippen molar-refractivity contribution in [3.63, 3.8) is 0 Å². The number of ether oxygens (including phenoxy) is 1. The molecule has 2 N–H and O–H groups in total. The largest absolute Gasteiger partial charge is 0.461 e. The van der Waals surface area contributed by atoms with E-state index in [1.54, 1.807) is 42.5 Å². The Bertz CT molecular complexity index is 1110. The fourth-order valence-corrected chi connectivity index (χ4v) is 6.49. The van der Waals surface area contributed by atoms with Crippen molar-refractivity contribution in [2.24, 2.45) is 23.7 Å². The molecule has 8 heteroatoms. The first-order valence-electron chi connectivity index (χ1n) is 10.2. The van der Waals surface area contributed by atoms with Gasteiger partial charge in [0.2, 0.25) is 5.91 Å². The average Bonchev–Trinajstić information content (AvgIpc) is 3.36. The molecular formula is C23H20BrClN2O4. The number of para-hydroxylation sites is 1. The van der Waals surface area contributed by atoms with Crippen LogP contribution in [0.2, 0.25) is 5.02 Å². The van der Waals surface area contributed by atoms with Gasteiger partial charge in [-0.05, 0) is 49.1 Å². The van der Waals surface area contributed by atoms with Crippen LogP contribution in [0.3, 0.4) is 0 Å². The van der Waals surface area contributed by atoms with E-state index in [1.807, 2.05) is 6.92 Å². The summed E-state index contributed by atoms with van der Waals surface area (Å²) in [6.07, 6.45) is 0.663. The number of rotatable bonds is 4. The van der Waals surface area contributed by atoms with Crippen LogP contribution in [0.15, 0.2) is 42.5 Å². The quantitative estimate of drug-likeness (QED) is 0.478. The summed E-state index contributed by atoms with van der Waals surface area (Å²) in [5, 5.41) is 6.32. The maximum atomic E-state index is 13.2. The maximum absolute atomic E-state index is 13.2. The second-order valence-corrected chi connectivity index (χ2v) is 9.83. The third-order valence-corrected chi connectivity index (χ3v) is 8.38. The van der Waals surface area contributed by atoms with E-state index in [-0.39, 0.29) is 40.6 Å². The van der Waals surface area contributed by atoms with Gasteiger partial charge in [-0.2, -0.15) is 0 Å². The molecule has 0 radical (unpaired) electrons. The Hall–Kier alpha value is -2.38. The van der Waals surface area contributed by atoms with Crippen LogP contribution in [-0.4, -0.2) is 28.7 Å². The highest BCUT2D eigenvalue weighted by Crippen LogP contribution is 2.60. The van der Waals surface area contributed by atoms with Crippen LogP contribution in [0.1, 0.15) is 22.3 Å². The molecule has 0 unspecified atom stereocenters. The van der Waals surface area contributed by atoms with Gasteiger partial charge >= 0.3 is 5.97 Å². The molecule has 31 heavy (non-hydrogen) atoms. The van der Waals surface area contributed by atoms with Gasteiger partial charge in [0.25, 0.3) is 5.91 Å². The molecule has 3 fully saturated rings. The number of halogens is 2. The van der Waals surface area contributed by atoms with E-state index in [0.717, 1.165) is 12.0 Å². The summed E-state index contributed by atoms with van der Waals surface area (Å²) in [7, 11) is 0. The number of hydrogen-bond donors (Lipinski definition) is 2. The first-order valence-corrected chi connectivity index (χ1v) is 11.5. The summed E-state index contributed by atoms with van der Waals surface area (Å²) in [5.41, 5.74) is 2.11. The number of carbonyl (C=O) groups excluding carboxylic acids is 3. The zero-order valence-electron chi connectivity index (χ0n) is 16.6. The minimum absolute atomic E-state index is 0.0136. The van der Waals surface area contributed by atoms with Crippen LogP contribution in [0.25, 0.3) is 0 Å². The topological polar surface area (TPSA) is 84.5 Å². The Kier molecular flexibility index (Phi) is 5.06. The SMILES string of the molecule is Cc1c(Cl)cccc1NC(=O)c1ccccc1NC(=O)[C@@H]1[C@H]2C[C@H]3[C@H](OC(=O)[C@H]31)[C@@H]2Br. The summed E-state index contributed by atoms with van der Waals surface area (Å²) in [5.74, 6) is -1.64. The summed E-state index contributed by atoms with van der Waals surface area (Å²) in [4.78, 5) is 38.5. The summed E-state index contributed by atoms with van der Waals surface area (Å²) in [6.45, 7) is 1.82. The molecule has 1 aliphatic heterocycles. The molecule has 3 aliphatic rings. The van der Waals surface area contributed by atoms with Crippen molar-refractivity contribution in [3.8, 4) is 0 Å². The number of carbonyl (C=O) groups is 3. The van der Waals surface area contributed by atoms with Crippen LogP contribution in [0, 0.1) is 30.6 Å². The summed E-state index contributed by atoms with van der Waals surface area (Å²) >= 11 is 9.78. The number of benzene rings is 2. The first-order chi connectivity index (χ1) is 14.9. The highest BCUT2D eigenvalue weighted by atomic mass is 79.9. The smallest absolute Gasteiger partial charge is 0.310 e. The van der Waals surface area contributed by atoms with Gasteiger partial charge in [0.1, 0.15) is 6.10 Å². The molecule has 160 valence electrons. The van der Waals surface area contributed by atoms with Crippen LogP contribution < -0.4 is 10.6 Å². The van der Waals surface area contributed by atoms with E-state index in [4.69, 9.17) is 16.3 Å². The molecule has 1 saturated heterocycles. The van der Waals surface area contributed by atoms with Gasteiger partial charge in [-0.1, -0.05) is 45.7 Å². The molecule has 0 aromatic heterocycles. The highest BCUT2D eigenvalue weighted by Gasteiger charge is 2.67. The molecule has 2 aromatic rings. The Balaban J connectivity index is 1.38. The third-order valence-electron chi connectivity index (χ3n) is 6.77. The molecule has 2 amide bonds. The Morgan fingerprint density at radius 3 is 2.61 bits per heavy atom. The third kappa shape index (κ3) is 3.26. The molecule has 6 nitrogen and oxygen atoms in total. The van der Waals surface area contributed by atoms with E-state index in [2.05, 4.69) is 26.6 Å². The Morgan fingerprint density at radius 1 is 1.06 bits per heavy atom. The normalized spacial score (nSPS) is 30.2. The lowest BCUT2D eigenvalue weighted by molar-refractivity contribution is -0.145. The lowest BCUT2D eigenvalue weighted by atomic mass is 9.79. The zero-order valence-corrected chi connectivity index (χ0v) is 18.9. The molecule has 5 rings (SSSR count). The van der Waals surface area contributed by atoms with E-state index in [9.17, 15) is 14.4 Å². The predicted octanol–water partition coefficient (Wildman–Crippen LogP) is 4.41. The molecule has 2 aliphatic carbocycles. The lowest BCUT2D eigenvalue weighted by Crippen LogP contribution is -2.40. The van der Waals surface area contributed by atoms with Crippen LogP contribution in [-0.2, 0) is 14.3 Å². The maximum Gasteiger partial charge on any atom is 0.310 e. The standard InChI is InChI=1S/C23H20BrClN2O4/c1-10-14(25)6-4-8-15(10)26-21(28)11-5-2-3-7-16(11)27-22(29)17-12-9-13-18(17)23(30)31-20(13)19(12)24/h2-8,12-13,17-20H,9H2,1H3,(H,26,28)(H,27,29)/t12-,13-,17-,18-,19-,20+/m1/s1. The van der Waals surface area contributed by atoms with Gasteiger partial charge in [-0.3, -0.25) is 14.4 Å². The second kappa shape index (κ2) is 7.64. The zero-order chi connectivity index (χ0) is 21.9. The fraction of sp³-hybridized carbons (Fsp3) is 0.348. The van der Waals surface area contributed by atoms with E-state index in [1.165, 1.54) is 0 Å². The average molecular weight is 504 g/mol. The van der Waals surface area contributed by atoms with E-state index in [0.29, 0.717) is 22.0 Å². The van der Waals surface area contributed by atoms with Crippen molar-refractivity contribution in [1.82, 2.24) is 0 Å².